The number of nitrogens with zero attached hydrogens (tertiary/aromatic N) is 1. The van der Waals surface area contributed by atoms with E-state index < -0.39 is 6.09 Å². The summed E-state index contributed by atoms with van der Waals surface area (Å²) in [5.74, 6) is -0.134. The zero-order valence-electron chi connectivity index (χ0n) is 11.4. The number of nitrogens with one attached hydrogen (secondary N) is 1. The van der Waals surface area contributed by atoms with Crippen LogP contribution in [0.15, 0.2) is 24.3 Å². The number of amides is 2. The van der Waals surface area contributed by atoms with E-state index in [2.05, 4.69) is 5.32 Å². The smallest absolute Gasteiger partial charge is 0.414 e. The van der Waals surface area contributed by atoms with Crippen molar-refractivity contribution in [2.24, 2.45) is 5.92 Å². The van der Waals surface area contributed by atoms with Crippen LogP contribution in [-0.4, -0.2) is 31.2 Å². The Hall–Kier alpha value is -1.75. The van der Waals surface area contributed by atoms with Crippen molar-refractivity contribution < 1.29 is 14.3 Å². The molecule has 1 saturated heterocycles. The van der Waals surface area contributed by atoms with Gasteiger partial charge in [0, 0.05) is 16.6 Å². The second-order valence-electron chi connectivity index (χ2n) is 4.99. The van der Waals surface area contributed by atoms with Crippen LogP contribution in [-0.2, 0) is 9.53 Å². The van der Waals surface area contributed by atoms with E-state index in [-0.39, 0.29) is 17.9 Å². The van der Waals surface area contributed by atoms with E-state index in [1.807, 2.05) is 13.8 Å². The number of cyclic esters (lactones) is 1. The van der Waals surface area contributed by atoms with Crippen LogP contribution < -0.4 is 10.2 Å². The molecule has 1 aliphatic heterocycles. The van der Waals surface area contributed by atoms with Crippen LogP contribution in [0.3, 0.4) is 0 Å². The third-order valence-corrected chi connectivity index (χ3v) is 3.29. The molecule has 6 heteroatoms. The molecule has 108 valence electrons. The maximum Gasteiger partial charge on any atom is 0.414 e. The van der Waals surface area contributed by atoms with Gasteiger partial charge in [-0.15, -0.1) is 0 Å². The second-order valence-corrected chi connectivity index (χ2v) is 5.43. The van der Waals surface area contributed by atoms with Crippen molar-refractivity contribution in [3.05, 3.63) is 29.3 Å². The number of anilines is 1. The van der Waals surface area contributed by atoms with Crippen molar-refractivity contribution in [2.75, 3.05) is 18.0 Å². The van der Waals surface area contributed by atoms with Gasteiger partial charge in [0.1, 0.15) is 6.10 Å². The number of hydrogen-bond donors (Lipinski definition) is 1. The van der Waals surface area contributed by atoms with Crippen molar-refractivity contribution in [3.8, 4) is 0 Å². The Morgan fingerprint density at radius 1 is 1.45 bits per heavy atom. The van der Waals surface area contributed by atoms with Crippen LogP contribution in [0.25, 0.3) is 0 Å². The molecule has 2 amide bonds. The lowest BCUT2D eigenvalue weighted by atomic mass is 10.2. The molecular weight excluding hydrogens is 280 g/mol. The molecule has 0 unspecified atom stereocenters. The summed E-state index contributed by atoms with van der Waals surface area (Å²) in [4.78, 5) is 24.8. The molecule has 1 aromatic carbocycles. The first-order chi connectivity index (χ1) is 9.47. The topological polar surface area (TPSA) is 58.6 Å². The molecule has 0 spiro atoms. The summed E-state index contributed by atoms with van der Waals surface area (Å²) in [6, 6.07) is 6.97. The maximum absolute atomic E-state index is 11.8. The van der Waals surface area contributed by atoms with Gasteiger partial charge >= 0.3 is 6.09 Å². The predicted octanol–water partition coefficient (Wildman–Crippen LogP) is 2.44. The van der Waals surface area contributed by atoms with E-state index >= 15 is 0 Å². The van der Waals surface area contributed by atoms with Crippen LogP contribution in [0.4, 0.5) is 10.5 Å². The van der Waals surface area contributed by atoms with Crippen LogP contribution in [0, 0.1) is 5.92 Å². The first-order valence-corrected chi connectivity index (χ1v) is 6.86. The first kappa shape index (κ1) is 14.7. The Bertz CT molecular complexity index is 502. The number of halogens is 1. The number of ether oxygens (including phenoxy) is 1. The molecule has 20 heavy (non-hydrogen) atoms. The average molecular weight is 297 g/mol. The SMILES string of the molecule is CC(C)C(=O)NC[C@H]1CN(c2ccc(Cl)cc2)C(=O)O1. The molecule has 0 saturated carbocycles. The zero-order valence-corrected chi connectivity index (χ0v) is 12.2. The molecular formula is C14H17ClN2O3. The Kier molecular flexibility index (Phi) is 4.49. The van der Waals surface area contributed by atoms with Crippen molar-refractivity contribution in [3.63, 3.8) is 0 Å². The maximum atomic E-state index is 11.8. The van der Waals surface area contributed by atoms with Gasteiger partial charge in [-0.2, -0.15) is 0 Å². The molecule has 1 aromatic rings. The number of hydrogen-bond acceptors (Lipinski definition) is 3. The summed E-state index contributed by atoms with van der Waals surface area (Å²) >= 11 is 5.82. The minimum atomic E-state index is -0.406. The van der Waals surface area contributed by atoms with Crippen molar-refractivity contribution in [1.29, 1.82) is 0 Å². The Morgan fingerprint density at radius 2 is 2.10 bits per heavy atom. The highest BCUT2D eigenvalue weighted by Gasteiger charge is 2.32. The summed E-state index contributed by atoms with van der Waals surface area (Å²) in [7, 11) is 0. The summed E-state index contributed by atoms with van der Waals surface area (Å²) in [6.07, 6.45) is -0.739. The standard InChI is InChI=1S/C14H17ClN2O3/c1-9(2)13(18)16-7-12-8-17(14(19)20-12)11-5-3-10(15)4-6-11/h3-6,9,12H,7-8H2,1-2H3,(H,16,18)/t12-/m0/s1. The molecule has 0 bridgehead atoms. The van der Waals surface area contributed by atoms with E-state index in [0.29, 0.717) is 18.1 Å². The lowest BCUT2D eigenvalue weighted by molar-refractivity contribution is -0.124. The monoisotopic (exact) mass is 296 g/mol. The number of carbonyl (C=O) groups is 2. The Labute approximate surface area is 122 Å². The summed E-state index contributed by atoms with van der Waals surface area (Å²) < 4.78 is 5.23. The number of carbonyl (C=O) groups excluding carboxylic acids is 2. The van der Waals surface area contributed by atoms with Crippen molar-refractivity contribution in [1.82, 2.24) is 5.32 Å². The van der Waals surface area contributed by atoms with Gasteiger partial charge in [-0.3, -0.25) is 9.69 Å². The molecule has 1 atom stereocenters. The molecule has 1 fully saturated rings. The van der Waals surface area contributed by atoms with Gasteiger partial charge in [0.05, 0.1) is 13.1 Å². The highest BCUT2D eigenvalue weighted by molar-refractivity contribution is 6.30. The average Bonchev–Trinajstić information content (AvgIpc) is 2.78. The van der Waals surface area contributed by atoms with Crippen molar-refractivity contribution >= 4 is 29.3 Å². The highest BCUT2D eigenvalue weighted by atomic mass is 35.5. The van der Waals surface area contributed by atoms with E-state index in [1.54, 1.807) is 24.3 Å². The highest BCUT2D eigenvalue weighted by Crippen LogP contribution is 2.23. The Morgan fingerprint density at radius 3 is 2.70 bits per heavy atom. The van der Waals surface area contributed by atoms with Crippen LogP contribution in [0.5, 0.6) is 0 Å². The van der Waals surface area contributed by atoms with Gasteiger partial charge in [0.25, 0.3) is 0 Å². The third-order valence-electron chi connectivity index (χ3n) is 3.04. The third kappa shape index (κ3) is 3.42. The fraction of sp³-hybridized carbons (Fsp3) is 0.429. The fourth-order valence-corrected chi connectivity index (χ4v) is 2.00. The number of rotatable bonds is 4. The quantitative estimate of drug-likeness (QED) is 0.928. The zero-order chi connectivity index (χ0) is 14.7. The van der Waals surface area contributed by atoms with E-state index in [9.17, 15) is 9.59 Å². The molecule has 0 aliphatic carbocycles. The summed E-state index contributed by atoms with van der Waals surface area (Å²) in [5.41, 5.74) is 0.733. The molecule has 0 aromatic heterocycles. The molecule has 5 nitrogen and oxygen atoms in total. The van der Waals surface area contributed by atoms with Crippen molar-refractivity contribution in [2.45, 2.75) is 20.0 Å². The number of benzene rings is 1. The van der Waals surface area contributed by atoms with Gasteiger partial charge in [-0.05, 0) is 24.3 Å². The fourth-order valence-electron chi connectivity index (χ4n) is 1.88. The molecule has 1 heterocycles. The Balaban J connectivity index is 1.94. The lowest BCUT2D eigenvalue weighted by Gasteiger charge is -2.13. The van der Waals surface area contributed by atoms with Gasteiger partial charge in [-0.1, -0.05) is 25.4 Å². The normalized spacial score (nSPS) is 18.3. The first-order valence-electron chi connectivity index (χ1n) is 6.49. The van der Waals surface area contributed by atoms with Crippen LogP contribution >= 0.6 is 11.6 Å². The summed E-state index contributed by atoms with van der Waals surface area (Å²) in [6.45, 7) is 4.37. The predicted molar refractivity (Wildman–Crippen MR) is 76.9 cm³/mol. The molecule has 1 aliphatic rings. The van der Waals surface area contributed by atoms with E-state index in [4.69, 9.17) is 16.3 Å². The van der Waals surface area contributed by atoms with E-state index in [0.717, 1.165) is 5.69 Å². The minimum absolute atomic E-state index is 0.0500. The summed E-state index contributed by atoms with van der Waals surface area (Å²) in [5, 5.41) is 3.37. The lowest BCUT2D eigenvalue weighted by Crippen LogP contribution is -2.36. The van der Waals surface area contributed by atoms with E-state index in [1.165, 1.54) is 4.90 Å². The molecule has 2 rings (SSSR count). The minimum Gasteiger partial charge on any atom is -0.442 e. The van der Waals surface area contributed by atoms with Crippen LogP contribution in [0.2, 0.25) is 5.02 Å². The second kappa shape index (κ2) is 6.13. The van der Waals surface area contributed by atoms with Gasteiger partial charge in [0.15, 0.2) is 0 Å². The van der Waals surface area contributed by atoms with Gasteiger partial charge in [0.2, 0.25) is 5.91 Å². The van der Waals surface area contributed by atoms with Gasteiger partial charge < -0.3 is 10.1 Å². The van der Waals surface area contributed by atoms with Crippen LogP contribution in [0.1, 0.15) is 13.8 Å². The largest absolute Gasteiger partial charge is 0.442 e. The molecule has 1 N–H and O–H groups in total. The van der Waals surface area contributed by atoms with Gasteiger partial charge in [-0.25, -0.2) is 4.79 Å². The molecule has 0 radical (unpaired) electrons.